The largest absolute Gasteiger partial charge is 0.215 e. The predicted octanol–water partition coefficient (Wildman–Crippen LogP) is 0.828. The summed E-state index contributed by atoms with van der Waals surface area (Å²) in [6.07, 6.45) is 2.39. The van der Waals surface area contributed by atoms with Crippen LogP contribution in [-0.2, 0) is 10.0 Å². The summed E-state index contributed by atoms with van der Waals surface area (Å²) in [7, 11) is -2.98. The van der Waals surface area contributed by atoms with Crippen LogP contribution in [0.3, 0.4) is 0 Å². The van der Waals surface area contributed by atoms with Crippen molar-refractivity contribution in [1.29, 1.82) is 0 Å². The number of sulfonamides is 1. The van der Waals surface area contributed by atoms with Gasteiger partial charge in [-0.3, -0.25) is 0 Å². The van der Waals surface area contributed by atoms with Crippen molar-refractivity contribution in [2.45, 2.75) is 20.3 Å². The zero-order valence-corrected chi connectivity index (χ0v) is 8.69. The highest BCUT2D eigenvalue weighted by molar-refractivity contribution is 7.88. The van der Waals surface area contributed by atoms with Gasteiger partial charge >= 0.3 is 0 Å². The molecular weight excluding hydrogens is 174 g/mol. The van der Waals surface area contributed by atoms with Crippen LogP contribution in [0.15, 0.2) is 0 Å². The lowest BCUT2D eigenvalue weighted by molar-refractivity contribution is 0.510. The molecule has 0 aliphatic heterocycles. The fourth-order valence-electron chi connectivity index (χ4n) is 1.58. The third-order valence-electron chi connectivity index (χ3n) is 2.44. The second kappa shape index (κ2) is 3.34. The summed E-state index contributed by atoms with van der Waals surface area (Å²) in [6.45, 7) is 5.00. The molecule has 2 unspecified atom stereocenters. The van der Waals surface area contributed by atoms with Gasteiger partial charge in [-0.05, 0) is 24.2 Å². The van der Waals surface area contributed by atoms with Crippen molar-refractivity contribution in [1.82, 2.24) is 4.72 Å². The number of hydrogen-bond donors (Lipinski definition) is 1. The first-order chi connectivity index (χ1) is 5.40. The average Bonchev–Trinajstić information content (AvgIpc) is 2.59. The van der Waals surface area contributed by atoms with Crippen LogP contribution in [0.4, 0.5) is 0 Å². The molecule has 1 saturated carbocycles. The Kier molecular flexibility index (Phi) is 2.78. The summed E-state index contributed by atoms with van der Waals surface area (Å²) < 4.78 is 24.0. The van der Waals surface area contributed by atoms with Crippen LogP contribution < -0.4 is 4.72 Å². The van der Waals surface area contributed by atoms with Gasteiger partial charge in [-0.15, -0.1) is 0 Å². The highest BCUT2D eigenvalue weighted by Crippen LogP contribution is 2.43. The molecule has 12 heavy (non-hydrogen) atoms. The second-order valence-corrected chi connectivity index (χ2v) is 5.86. The van der Waals surface area contributed by atoms with Gasteiger partial charge in [-0.1, -0.05) is 13.8 Å². The highest BCUT2D eigenvalue weighted by Gasteiger charge is 2.38. The van der Waals surface area contributed by atoms with E-state index < -0.39 is 10.0 Å². The van der Waals surface area contributed by atoms with Crippen LogP contribution in [0.25, 0.3) is 0 Å². The Bertz CT molecular complexity index is 246. The van der Waals surface area contributed by atoms with Crippen LogP contribution in [0.1, 0.15) is 20.3 Å². The van der Waals surface area contributed by atoms with Crippen LogP contribution in [0.5, 0.6) is 0 Å². The molecule has 0 aromatic heterocycles. The summed E-state index contributed by atoms with van der Waals surface area (Å²) >= 11 is 0. The molecule has 0 heterocycles. The molecular formula is C8H17NO2S. The number of hydrogen-bond acceptors (Lipinski definition) is 2. The first kappa shape index (κ1) is 9.99. The van der Waals surface area contributed by atoms with Crippen molar-refractivity contribution in [3.8, 4) is 0 Å². The van der Waals surface area contributed by atoms with E-state index in [-0.39, 0.29) is 0 Å². The standard InChI is InChI=1S/C8H17NO2S/c1-6(2)8-4-7(8)5-9-12(3,10)11/h6-9H,4-5H2,1-3H3. The summed E-state index contributed by atoms with van der Waals surface area (Å²) in [5, 5.41) is 0. The van der Waals surface area contributed by atoms with E-state index in [4.69, 9.17) is 0 Å². The zero-order chi connectivity index (χ0) is 9.35. The molecule has 0 bridgehead atoms. The van der Waals surface area contributed by atoms with Crippen molar-refractivity contribution < 1.29 is 8.42 Å². The van der Waals surface area contributed by atoms with Gasteiger partial charge in [-0.2, -0.15) is 0 Å². The molecule has 0 spiro atoms. The maximum absolute atomic E-state index is 10.7. The molecule has 0 radical (unpaired) electrons. The smallest absolute Gasteiger partial charge is 0.208 e. The fourth-order valence-corrected chi connectivity index (χ4v) is 2.10. The highest BCUT2D eigenvalue weighted by atomic mass is 32.2. The monoisotopic (exact) mass is 191 g/mol. The van der Waals surface area contributed by atoms with Crippen LogP contribution in [0.2, 0.25) is 0 Å². The van der Waals surface area contributed by atoms with Crippen molar-refractivity contribution >= 4 is 10.0 Å². The van der Waals surface area contributed by atoms with Gasteiger partial charge in [0.2, 0.25) is 10.0 Å². The first-order valence-corrected chi connectivity index (χ1v) is 6.24. The zero-order valence-electron chi connectivity index (χ0n) is 7.87. The molecule has 0 amide bonds. The van der Waals surface area contributed by atoms with Gasteiger partial charge in [0.25, 0.3) is 0 Å². The molecule has 0 aromatic carbocycles. The predicted molar refractivity (Wildman–Crippen MR) is 49.3 cm³/mol. The Labute approximate surface area is 74.6 Å². The lowest BCUT2D eigenvalue weighted by Crippen LogP contribution is -2.24. The summed E-state index contributed by atoms with van der Waals surface area (Å²) in [6, 6.07) is 0. The SMILES string of the molecule is CC(C)C1CC1CNS(C)(=O)=O. The minimum atomic E-state index is -2.98. The Morgan fingerprint density at radius 1 is 1.50 bits per heavy atom. The van der Waals surface area contributed by atoms with Crippen molar-refractivity contribution in [2.75, 3.05) is 12.8 Å². The number of nitrogens with one attached hydrogen (secondary N) is 1. The van der Waals surface area contributed by atoms with E-state index in [1.165, 1.54) is 12.7 Å². The third kappa shape index (κ3) is 3.11. The van der Waals surface area contributed by atoms with Gasteiger partial charge in [0.1, 0.15) is 0 Å². The first-order valence-electron chi connectivity index (χ1n) is 4.35. The van der Waals surface area contributed by atoms with E-state index in [1.54, 1.807) is 0 Å². The maximum atomic E-state index is 10.7. The fraction of sp³-hybridized carbons (Fsp3) is 1.00. The van der Waals surface area contributed by atoms with Crippen molar-refractivity contribution in [3.05, 3.63) is 0 Å². The van der Waals surface area contributed by atoms with Crippen LogP contribution >= 0.6 is 0 Å². The lowest BCUT2D eigenvalue weighted by atomic mass is 10.1. The van der Waals surface area contributed by atoms with Gasteiger partial charge in [-0.25, -0.2) is 13.1 Å². The maximum Gasteiger partial charge on any atom is 0.208 e. The Morgan fingerprint density at radius 3 is 2.42 bits per heavy atom. The molecule has 0 aromatic rings. The van der Waals surface area contributed by atoms with Gasteiger partial charge < -0.3 is 0 Å². The van der Waals surface area contributed by atoms with Gasteiger partial charge in [0.05, 0.1) is 6.26 Å². The molecule has 2 atom stereocenters. The molecule has 3 nitrogen and oxygen atoms in total. The van der Waals surface area contributed by atoms with E-state index in [0.717, 1.165) is 5.92 Å². The molecule has 72 valence electrons. The Hall–Kier alpha value is -0.0900. The van der Waals surface area contributed by atoms with Crippen molar-refractivity contribution in [2.24, 2.45) is 17.8 Å². The Morgan fingerprint density at radius 2 is 2.08 bits per heavy atom. The average molecular weight is 191 g/mol. The van der Waals surface area contributed by atoms with E-state index in [0.29, 0.717) is 18.4 Å². The minimum absolute atomic E-state index is 0.583. The van der Waals surface area contributed by atoms with E-state index in [1.807, 2.05) is 0 Å². The molecule has 1 N–H and O–H groups in total. The number of rotatable bonds is 4. The molecule has 0 saturated heterocycles. The Balaban J connectivity index is 2.21. The summed E-state index contributed by atoms with van der Waals surface area (Å²) in [5.74, 6) is 2.01. The van der Waals surface area contributed by atoms with Gasteiger partial charge in [0.15, 0.2) is 0 Å². The molecule has 4 heteroatoms. The quantitative estimate of drug-likeness (QED) is 0.715. The topological polar surface area (TPSA) is 46.2 Å². The summed E-state index contributed by atoms with van der Waals surface area (Å²) in [5.41, 5.74) is 0. The van der Waals surface area contributed by atoms with E-state index >= 15 is 0 Å². The van der Waals surface area contributed by atoms with E-state index in [2.05, 4.69) is 18.6 Å². The molecule has 1 aliphatic rings. The molecule has 1 rings (SSSR count). The van der Waals surface area contributed by atoms with Gasteiger partial charge in [0, 0.05) is 6.54 Å². The third-order valence-corrected chi connectivity index (χ3v) is 3.13. The normalized spacial score (nSPS) is 29.3. The summed E-state index contributed by atoms with van der Waals surface area (Å²) in [4.78, 5) is 0. The van der Waals surface area contributed by atoms with Crippen molar-refractivity contribution in [3.63, 3.8) is 0 Å². The second-order valence-electron chi connectivity index (χ2n) is 4.02. The molecule has 1 aliphatic carbocycles. The van der Waals surface area contributed by atoms with E-state index in [9.17, 15) is 8.42 Å². The molecule has 1 fully saturated rings. The van der Waals surface area contributed by atoms with Crippen LogP contribution in [-0.4, -0.2) is 21.2 Å². The van der Waals surface area contributed by atoms with Crippen LogP contribution in [0, 0.1) is 17.8 Å². The minimum Gasteiger partial charge on any atom is -0.215 e. The lowest BCUT2D eigenvalue weighted by Gasteiger charge is -2.03.